The number of benzene rings is 2. The number of amides is 1. The van der Waals surface area contributed by atoms with Gasteiger partial charge in [-0.15, -0.1) is 0 Å². The average molecular weight is 380 g/mol. The van der Waals surface area contributed by atoms with E-state index in [9.17, 15) is 22.8 Å². The minimum atomic E-state index is -4.53. The third-order valence-electron chi connectivity index (χ3n) is 3.48. The van der Waals surface area contributed by atoms with Gasteiger partial charge in [-0.1, -0.05) is 17.4 Å². The van der Waals surface area contributed by atoms with Crippen molar-refractivity contribution in [1.82, 2.24) is 4.98 Å². The number of nitrogens with zero attached hydrogens (tertiary/aromatic N) is 1. The average Bonchev–Trinajstić information content (AvgIpc) is 3.01. The highest BCUT2D eigenvalue weighted by Gasteiger charge is 2.31. The van der Waals surface area contributed by atoms with Gasteiger partial charge < -0.3 is 4.74 Å². The molecule has 0 aliphatic rings. The van der Waals surface area contributed by atoms with Gasteiger partial charge in [0.25, 0.3) is 5.91 Å². The summed E-state index contributed by atoms with van der Waals surface area (Å²) in [4.78, 5) is 27.9. The second-order valence-corrected chi connectivity index (χ2v) is 6.26. The van der Waals surface area contributed by atoms with Crippen LogP contribution in [0.4, 0.5) is 18.3 Å². The highest BCUT2D eigenvalue weighted by atomic mass is 32.1. The molecule has 0 unspecified atom stereocenters. The first-order chi connectivity index (χ1) is 12.3. The van der Waals surface area contributed by atoms with E-state index in [2.05, 4.69) is 15.0 Å². The van der Waals surface area contributed by atoms with Crippen molar-refractivity contribution < 1.29 is 27.5 Å². The second kappa shape index (κ2) is 6.75. The molecule has 0 fully saturated rings. The summed E-state index contributed by atoms with van der Waals surface area (Å²) < 4.78 is 43.5. The zero-order valence-corrected chi connectivity index (χ0v) is 14.1. The van der Waals surface area contributed by atoms with E-state index in [1.165, 1.54) is 25.3 Å². The third kappa shape index (κ3) is 3.67. The lowest BCUT2D eigenvalue weighted by Crippen LogP contribution is -2.13. The van der Waals surface area contributed by atoms with Gasteiger partial charge in [-0.25, -0.2) is 9.78 Å². The Labute approximate surface area is 149 Å². The minimum absolute atomic E-state index is 0.130. The highest BCUT2D eigenvalue weighted by Crippen LogP contribution is 2.30. The molecule has 0 bridgehead atoms. The molecule has 0 aliphatic carbocycles. The van der Waals surface area contributed by atoms with Crippen LogP contribution in [0.15, 0.2) is 42.5 Å². The maximum absolute atomic E-state index is 12.8. The number of alkyl halides is 3. The Bertz CT molecular complexity index is 998. The van der Waals surface area contributed by atoms with E-state index in [0.717, 1.165) is 23.5 Å². The fourth-order valence-corrected chi connectivity index (χ4v) is 3.13. The first-order valence-corrected chi connectivity index (χ1v) is 8.07. The van der Waals surface area contributed by atoms with E-state index in [1.54, 1.807) is 12.1 Å². The van der Waals surface area contributed by atoms with Gasteiger partial charge in [0.05, 0.1) is 28.5 Å². The van der Waals surface area contributed by atoms with Crippen LogP contribution in [0.3, 0.4) is 0 Å². The molecule has 0 aliphatic heterocycles. The van der Waals surface area contributed by atoms with Crippen molar-refractivity contribution in [3.05, 3.63) is 59.2 Å². The molecule has 3 rings (SSSR count). The Morgan fingerprint density at radius 1 is 1.12 bits per heavy atom. The van der Waals surface area contributed by atoms with Gasteiger partial charge in [-0.2, -0.15) is 13.2 Å². The zero-order valence-electron chi connectivity index (χ0n) is 13.3. The number of hydrogen-bond donors (Lipinski definition) is 1. The lowest BCUT2D eigenvalue weighted by atomic mass is 10.1. The van der Waals surface area contributed by atoms with E-state index < -0.39 is 23.6 Å². The lowest BCUT2D eigenvalue weighted by Gasteiger charge is -2.08. The molecule has 9 heteroatoms. The Kier molecular flexibility index (Phi) is 4.64. The summed E-state index contributed by atoms with van der Waals surface area (Å²) in [5.41, 5.74) is -0.159. The molecule has 26 heavy (non-hydrogen) atoms. The summed E-state index contributed by atoms with van der Waals surface area (Å²) >= 11 is 1.10. The van der Waals surface area contributed by atoms with Crippen LogP contribution in [0.1, 0.15) is 26.3 Å². The van der Waals surface area contributed by atoms with Crippen molar-refractivity contribution in [3.63, 3.8) is 0 Å². The summed E-state index contributed by atoms with van der Waals surface area (Å²) in [5, 5.41) is 2.69. The lowest BCUT2D eigenvalue weighted by molar-refractivity contribution is -0.137. The van der Waals surface area contributed by atoms with Crippen molar-refractivity contribution >= 4 is 38.6 Å². The van der Waals surface area contributed by atoms with Crippen LogP contribution < -0.4 is 5.32 Å². The quantitative estimate of drug-likeness (QED) is 0.686. The summed E-state index contributed by atoms with van der Waals surface area (Å²) in [6, 6.07) is 8.82. The predicted molar refractivity (Wildman–Crippen MR) is 90.4 cm³/mol. The molecule has 3 aromatic rings. The number of esters is 1. The van der Waals surface area contributed by atoms with E-state index in [0.29, 0.717) is 15.8 Å². The second-order valence-electron chi connectivity index (χ2n) is 5.23. The van der Waals surface area contributed by atoms with Crippen LogP contribution in [-0.2, 0) is 10.9 Å². The molecular weight excluding hydrogens is 369 g/mol. The molecule has 1 N–H and O–H groups in total. The van der Waals surface area contributed by atoms with Crippen molar-refractivity contribution in [3.8, 4) is 0 Å². The molecule has 5 nitrogen and oxygen atoms in total. The summed E-state index contributed by atoms with van der Waals surface area (Å²) in [6.07, 6.45) is -4.53. The van der Waals surface area contributed by atoms with Gasteiger partial charge in [-0.3, -0.25) is 10.1 Å². The topological polar surface area (TPSA) is 68.3 Å². The first-order valence-electron chi connectivity index (χ1n) is 7.25. The number of carbonyl (C=O) groups is 2. The third-order valence-corrected chi connectivity index (χ3v) is 4.42. The van der Waals surface area contributed by atoms with Crippen LogP contribution >= 0.6 is 11.3 Å². The number of anilines is 1. The maximum atomic E-state index is 12.8. The maximum Gasteiger partial charge on any atom is 0.416 e. The molecular formula is C17H11F3N2O3S. The predicted octanol–water partition coefficient (Wildman–Crippen LogP) is 4.35. The van der Waals surface area contributed by atoms with Gasteiger partial charge in [0.1, 0.15) is 0 Å². The van der Waals surface area contributed by atoms with Crippen LogP contribution in [0, 0.1) is 0 Å². The number of carbonyl (C=O) groups excluding carboxylic acids is 2. The molecule has 2 aromatic carbocycles. The molecule has 0 atom stereocenters. The monoisotopic (exact) mass is 380 g/mol. The number of nitrogens with one attached hydrogen (secondary N) is 1. The molecule has 1 amide bonds. The number of ether oxygens (including phenoxy) is 1. The fourth-order valence-electron chi connectivity index (χ4n) is 2.23. The molecule has 1 heterocycles. The molecule has 134 valence electrons. The Morgan fingerprint density at radius 2 is 1.88 bits per heavy atom. The van der Waals surface area contributed by atoms with Gasteiger partial charge in [0, 0.05) is 5.56 Å². The Morgan fingerprint density at radius 3 is 2.58 bits per heavy atom. The molecule has 0 saturated carbocycles. The summed E-state index contributed by atoms with van der Waals surface area (Å²) in [5.74, 6) is -1.21. The summed E-state index contributed by atoms with van der Waals surface area (Å²) in [7, 11) is 1.26. The van der Waals surface area contributed by atoms with Crippen LogP contribution in [0.2, 0.25) is 0 Å². The molecule has 0 spiro atoms. The number of fused-ring (bicyclic) bond motifs is 1. The number of rotatable bonds is 3. The SMILES string of the molecule is COC(=O)c1ccc2nc(NC(=O)c3cccc(C(F)(F)F)c3)sc2c1. The summed E-state index contributed by atoms with van der Waals surface area (Å²) in [6.45, 7) is 0. The Hall–Kier alpha value is -2.94. The molecule has 1 aromatic heterocycles. The van der Waals surface area contributed by atoms with Gasteiger partial charge in [-0.05, 0) is 36.4 Å². The number of methoxy groups -OCH3 is 1. The largest absolute Gasteiger partial charge is 0.465 e. The van der Waals surface area contributed by atoms with Crippen molar-refractivity contribution in [2.45, 2.75) is 6.18 Å². The van der Waals surface area contributed by atoms with E-state index >= 15 is 0 Å². The molecule has 0 saturated heterocycles. The van der Waals surface area contributed by atoms with E-state index in [4.69, 9.17) is 0 Å². The minimum Gasteiger partial charge on any atom is -0.465 e. The van der Waals surface area contributed by atoms with Crippen molar-refractivity contribution in [2.24, 2.45) is 0 Å². The number of thiazole rings is 1. The normalized spacial score (nSPS) is 11.4. The molecule has 0 radical (unpaired) electrons. The number of hydrogen-bond acceptors (Lipinski definition) is 5. The van der Waals surface area contributed by atoms with E-state index in [1.807, 2.05) is 0 Å². The van der Waals surface area contributed by atoms with Crippen molar-refractivity contribution in [1.29, 1.82) is 0 Å². The van der Waals surface area contributed by atoms with Crippen LogP contribution in [0.5, 0.6) is 0 Å². The number of halogens is 3. The van der Waals surface area contributed by atoms with Gasteiger partial charge in [0.15, 0.2) is 5.13 Å². The smallest absolute Gasteiger partial charge is 0.416 e. The van der Waals surface area contributed by atoms with Gasteiger partial charge in [0.2, 0.25) is 0 Å². The van der Waals surface area contributed by atoms with Crippen molar-refractivity contribution in [2.75, 3.05) is 12.4 Å². The standard InChI is InChI=1S/C17H11F3N2O3S/c1-25-15(24)10-5-6-12-13(8-10)26-16(21-12)22-14(23)9-3-2-4-11(7-9)17(18,19)20/h2-8H,1H3,(H,21,22,23). The van der Waals surface area contributed by atoms with Gasteiger partial charge >= 0.3 is 12.1 Å². The first kappa shape index (κ1) is 17.9. The fraction of sp³-hybridized carbons (Fsp3) is 0.118. The number of aromatic nitrogens is 1. The highest BCUT2D eigenvalue weighted by molar-refractivity contribution is 7.22. The van der Waals surface area contributed by atoms with Crippen LogP contribution in [-0.4, -0.2) is 24.0 Å². The van der Waals surface area contributed by atoms with Crippen LogP contribution in [0.25, 0.3) is 10.2 Å². The van der Waals surface area contributed by atoms with E-state index in [-0.39, 0.29) is 10.7 Å². The Balaban J connectivity index is 1.84. The zero-order chi connectivity index (χ0) is 18.9.